The molecule has 0 aliphatic heterocycles. The van der Waals surface area contributed by atoms with Gasteiger partial charge in [-0.15, -0.1) is 0 Å². The van der Waals surface area contributed by atoms with E-state index < -0.39 is 34.8 Å². The lowest BCUT2D eigenvalue weighted by Crippen LogP contribution is -2.15. The van der Waals surface area contributed by atoms with Crippen molar-refractivity contribution in [2.24, 2.45) is 0 Å². The summed E-state index contributed by atoms with van der Waals surface area (Å²) in [4.78, 5) is 21.5. The minimum Gasteiger partial charge on any atom is -0.496 e. The molecule has 1 N–H and O–H groups in total. The van der Waals surface area contributed by atoms with Gasteiger partial charge in [0.1, 0.15) is 5.75 Å². The molecule has 0 aliphatic carbocycles. The number of Topliss-reactive ketones (excluding diaryl/α,β-unsaturated/α-hetero) is 1. The highest BCUT2D eigenvalue weighted by molar-refractivity contribution is 6.40. The van der Waals surface area contributed by atoms with Gasteiger partial charge in [-0.05, 0) is 18.2 Å². The topological polar surface area (TPSA) is 63.6 Å². The van der Waals surface area contributed by atoms with Crippen molar-refractivity contribution >= 4 is 11.8 Å². The summed E-state index contributed by atoms with van der Waals surface area (Å²) in [7, 11) is 1.05. The van der Waals surface area contributed by atoms with Crippen LogP contribution in [0.2, 0.25) is 0 Å². The van der Waals surface area contributed by atoms with E-state index in [0.29, 0.717) is 12.1 Å². The monoisotopic (exact) mass is 248 g/mol. The molecule has 0 heterocycles. The van der Waals surface area contributed by atoms with Gasteiger partial charge in [0.2, 0.25) is 0 Å². The Bertz CT molecular complexity index is 465. The second-order valence-corrected chi connectivity index (χ2v) is 3.05. The molecule has 0 unspecified atom stereocenters. The number of alkyl halides is 3. The van der Waals surface area contributed by atoms with E-state index in [0.717, 1.165) is 13.2 Å². The molecule has 0 aliphatic rings. The molecular weight excluding hydrogens is 241 g/mol. The molecule has 0 saturated carbocycles. The van der Waals surface area contributed by atoms with E-state index in [2.05, 4.69) is 4.74 Å². The Morgan fingerprint density at radius 2 is 1.88 bits per heavy atom. The van der Waals surface area contributed by atoms with Crippen molar-refractivity contribution < 1.29 is 32.6 Å². The Labute approximate surface area is 93.6 Å². The average molecular weight is 248 g/mol. The van der Waals surface area contributed by atoms with Gasteiger partial charge in [-0.3, -0.25) is 4.79 Å². The second-order valence-electron chi connectivity index (χ2n) is 3.05. The van der Waals surface area contributed by atoms with Gasteiger partial charge in [0, 0.05) is 0 Å². The van der Waals surface area contributed by atoms with Gasteiger partial charge in [-0.2, -0.15) is 13.2 Å². The van der Waals surface area contributed by atoms with Crippen molar-refractivity contribution in [3.63, 3.8) is 0 Å². The zero-order valence-corrected chi connectivity index (χ0v) is 8.54. The second kappa shape index (κ2) is 4.44. The lowest BCUT2D eigenvalue weighted by Gasteiger charge is -2.10. The molecule has 0 aromatic heterocycles. The lowest BCUT2D eigenvalue weighted by molar-refractivity contribution is -0.137. The van der Waals surface area contributed by atoms with Gasteiger partial charge in [-0.1, -0.05) is 0 Å². The van der Waals surface area contributed by atoms with Crippen LogP contribution in [0.3, 0.4) is 0 Å². The van der Waals surface area contributed by atoms with Crippen LogP contribution in [-0.4, -0.2) is 24.0 Å². The third-order valence-corrected chi connectivity index (χ3v) is 1.97. The van der Waals surface area contributed by atoms with Crippen LogP contribution in [0.4, 0.5) is 13.2 Å². The van der Waals surface area contributed by atoms with E-state index in [9.17, 15) is 22.8 Å². The molecule has 0 atom stereocenters. The fourth-order valence-electron chi connectivity index (χ4n) is 1.17. The van der Waals surface area contributed by atoms with Crippen LogP contribution in [0.15, 0.2) is 18.2 Å². The van der Waals surface area contributed by atoms with E-state index in [4.69, 9.17) is 5.11 Å². The molecule has 4 nitrogen and oxygen atoms in total. The maximum Gasteiger partial charge on any atom is 0.416 e. The van der Waals surface area contributed by atoms with Crippen LogP contribution in [0.5, 0.6) is 5.75 Å². The zero-order valence-electron chi connectivity index (χ0n) is 8.54. The predicted molar refractivity (Wildman–Crippen MR) is 50.0 cm³/mol. The molecule has 0 spiro atoms. The molecule has 0 radical (unpaired) electrons. The van der Waals surface area contributed by atoms with Crippen molar-refractivity contribution in [3.8, 4) is 5.75 Å². The molecule has 0 fully saturated rings. The maximum absolute atomic E-state index is 12.3. The number of carboxylic acid groups (broad SMARTS) is 1. The highest BCUT2D eigenvalue weighted by Gasteiger charge is 2.32. The van der Waals surface area contributed by atoms with Crippen LogP contribution >= 0.6 is 0 Å². The lowest BCUT2D eigenvalue weighted by atomic mass is 10.1. The first-order chi connectivity index (χ1) is 7.77. The number of halogens is 3. The van der Waals surface area contributed by atoms with E-state index in [1.165, 1.54) is 0 Å². The summed E-state index contributed by atoms with van der Waals surface area (Å²) in [6, 6.07) is 1.98. The van der Waals surface area contributed by atoms with Crippen LogP contribution in [0, 0.1) is 0 Å². The largest absolute Gasteiger partial charge is 0.496 e. The van der Waals surface area contributed by atoms with Crippen LogP contribution in [0.25, 0.3) is 0 Å². The number of aliphatic carboxylic acids is 1. The number of hydrogen-bond acceptors (Lipinski definition) is 3. The normalized spacial score (nSPS) is 11.1. The smallest absolute Gasteiger partial charge is 0.416 e. The number of rotatable bonds is 3. The van der Waals surface area contributed by atoms with E-state index >= 15 is 0 Å². The fourth-order valence-corrected chi connectivity index (χ4v) is 1.17. The zero-order chi connectivity index (χ0) is 13.2. The number of ketones is 1. The number of carbonyl (C=O) groups excluding carboxylic acids is 1. The number of benzene rings is 1. The van der Waals surface area contributed by atoms with Crippen LogP contribution in [0.1, 0.15) is 15.9 Å². The SMILES string of the molecule is COc1cc(C(F)(F)F)ccc1C(=O)C(=O)O. The molecule has 0 saturated heterocycles. The van der Waals surface area contributed by atoms with Gasteiger partial charge >= 0.3 is 12.1 Å². The van der Waals surface area contributed by atoms with Gasteiger partial charge in [0.05, 0.1) is 18.2 Å². The molecule has 17 heavy (non-hydrogen) atoms. The van der Waals surface area contributed by atoms with Gasteiger partial charge in [0.15, 0.2) is 0 Å². The fraction of sp³-hybridized carbons (Fsp3) is 0.200. The minimum atomic E-state index is -4.59. The number of ether oxygens (including phenoxy) is 1. The Kier molecular flexibility index (Phi) is 3.40. The molecular formula is C10H7F3O4. The van der Waals surface area contributed by atoms with Crippen LogP contribution in [-0.2, 0) is 11.0 Å². The summed E-state index contributed by atoms with van der Waals surface area (Å²) >= 11 is 0. The number of hydrogen-bond donors (Lipinski definition) is 1. The highest BCUT2D eigenvalue weighted by atomic mass is 19.4. The highest BCUT2D eigenvalue weighted by Crippen LogP contribution is 2.33. The number of carboxylic acids is 1. The molecule has 7 heteroatoms. The number of methoxy groups -OCH3 is 1. The summed E-state index contributed by atoms with van der Waals surface area (Å²) in [6.45, 7) is 0. The molecule has 0 bridgehead atoms. The molecule has 1 rings (SSSR count). The van der Waals surface area contributed by atoms with E-state index in [-0.39, 0.29) is 0 Å². The summed E-state index contributed by atoms with van der Waals surface area (Å²) in [5, 5.41) is 8.46. The first kappa shape index (κ1) is 13.0. The summed E-state index contributed by atoms with van der Waals surface area (Å²) in [5.74, 6) is -3.51. The molecule has 92 valence electrons. The van der Waals surface area contributed by atoms with Gasteiger partial charge in [-0.25, -0.2) is 4.79 Å². The Balaban J connectivity index is 3.28. The Morgan fingerprint density at radius 3 is 2.29 bits per heavy atom. The molecule has 1 aromatic rings. The quantitative estimate of drug-likeness (QED) is 0.656. The first-order valence-electron chi connectivity index (χ1n) is 4.30. The van der Waals surface area contributed by atoms with Gasteiger partial charge in [0.25, 0.3) is 5.78 Å². The summed E-state index contributed by atoms with van der Waals surface area (Å²) < 4.78 is 41.6. The van der Waals surface area contributed by atoms with Crippen molar-refractivity contribution in [2.45, 2.75) is 6.18 Å². The Hall–Kier alpha value is -2.05. The van der Waals surface area contributed by atoms with Crippen molar-refractivity contribution in [1.29, 1.82) is 0 Å². The van der Waals surface area contributed by atoms with Crippen molar-refractivity contribution in [3.05, 3.63) is 29.3 Å². The molecule has 1 aromatic carbocycles. The third kappa shape index (κ3) is 2.74. The summed E-state index contributed by atoms with van der Waals surface area (Å²) in [6.07, 6.45) is -4.59. The van der Waals surface area contributed by atoms with E-state index in [1.807, 2.05) is 0 Å². The third-order valence-electron chi connectivity index (χ3n) is 1.97. The Morgan fingerprint density at radius 1 is 1.29 bits per heavy atom. The average Bonchev–Trinajstić information content (AvgIpc) is 2.25. The summed E-state index contributed by atoms with van der Waals surface area (Å²) in [5.41, 5.74) is -1.44. The van der Waals surface area contributed by atoms with Crippen molar-refractivity contribution in [2.75, 3.05) is 7.11 Å². The van der Waals surface area contributed by atoms with Crippen LogP contribution < -0.4 is 4.74 Å². The van der Waals surface area contributed by atoms with Crippen molar-refractivity contribution in [1.82, 2.24) is 0 Å². The first-order valence-corrected chi connectivity index (χ1v) is 4.30. The maximum atomic E-state index is 12.3. The minimum absolute atomic E-state index is 0.423. The van der Waals surface area contributed by atoms with Gasteiger partial charge < -0.3 is 9.84 Å². The molecule has 0 amide bonds. The predicted octanol–water partition coefficient (Wildman–Crippen LogP) is 1.98. The van der Waals surface area contributed by atoms with E-state index in [1.54, 1.807) is 0 Å². The number of carbonyl (C=O) groups is 2. The standard InChI is InChI=1S/C10H7F3O4/c1-17-7-4-5(10(11,12)13)2-3-6(7)8(14)9(15)16/h2-4H,1H3,(H,15,16).